The van der Waals surface area contributed by atoms with Crippen molar-refractivity contribution in [2.75, 3.05) is 11.9 Å². The lowest BCUT2D eigenvalue weighted by Gasteiger charge is -2.25. The minimum absolute atomic E-state index is 0.118. The Kier molecular flexibility index (Phi) is 5.83. The fraction of sp³-hybridized carbons (Fsp3) is 0.200. The summed E-state index contributed by atoms with van der Waals surface area (Å²) in [5.74, 6) is -0.289. The number of carbonyl (C=O) groups excluding carboxylic acids is 2. The molecule has 0 aliphatic rings. The molecule has 3 aromatic carbocycles. The molecule has 0 heterocycles. The first-order valence-corrected chi connectivity index (χ1v) is 9.52. The molecular formula is C25H25NO3. The number of hydrogen-bond acceptors (Lipinski definition) is 3. The second-order valence-electron chi connectivity index (χ2n) is 7.92. The number of amides is 1. The molecule has 0 N–H and O–H groups in total. The molecule has 0 atom stereocenters. The summed E-state index contributed by atoms with van der Waals surface area (Å²) in [7, 11) is 1.69. The zero-order valence-corrected chi connectivity index (χ0v) is 17.2. The highest BCUT2D eigenvalue weighted by Crippen LogP contribution is 2.34. The van der Waals surface area contributed by atoms with Crippen LogP contribution in [0.5, 0.6) is 5.75 Å². The largest absolute Gasteiger partial charge is 0.421 e. The molecule has 4 nitrogen and oxygen atoms in total. The van der Waals surface area contributed by atoms with E-state index in [1.807, 2.05) is 36.4 Å². The number of rotatable bonds is 4. The van der Waals surface area contributed by atoms with Crippen LogP contribution in [0.3, 0.4) is 0 Å². The molecular weight excluding hydrogens is 362 g/mol. The lowest BCUT2D eigenvalue weighted by molar-refractivity contribution is 0.0734. The summed E-state index contributed by atoms with van der Waals surface area (Å²) in [6.45, 7) is 6.29. The van der Waals surface area contributed by atoms with Crippen LogP contribution in [0.15, 0.2) is 78.9 Å². The van der Waals surface area contributed by atoms with Gasteiger partial charge in [-0.05, 0) is 47.4 Å². The van der Waals surface area contributed by atoms with Gasteiger partial charge < -0.3 is 9.64 Å². The van der Waals surface area contributed by atoms with E-state index in [9.17, 15) is 9.59 Å². The number of benzene rings is 3. The second-order valence-corrected chi connectivity index (χ2v) is 7.92. The van der Waals surface area contributed by atoms with Gasteiger partial charge in [0.15, 0.2) is 5.75 Å². The SMILES string of the molecule is CN(C(=O)c1ccccc1)c1cc(C(C)(C)C)ccc1OC(=O)c1ccccc1. The van der Waals surface area contributed by atoms with Crippen LogP contribution in [0.2, 0.25) is 0 Å². The minimum Gasteiger partial charge on any atom is -0.421 e. The molecule has 148 valence electrons. The van der Waals surface area contributed by atoms with E-state index in [0.29, 0.717) is 22.6 Å². The van der Waals surface area contributed by atoms with Crippen LogP contribution < -0.4 is 9.64 Å². The summed E-state index contributed by atoms with van der Waals surface area (Å²) < 4.78 is 5.67. The first-order chi connectivity index (χ1) is 13.8. The summed E-state index contributed by atoms with van der Waals surface area (Å²) in [6, 6.07) is 23.4. The van der Waals surface area contributed by atoms with E-state index in [-0.39, 0.29) is 11.3 Å². The molecule has 0 saturated heterocycles. The third-order valence-electron chi connectivity index (χ3n) is 4.72. The molecule has 29 heavy (non-hydrogen) atoms. The molecule has 0 saturated carbocycles. The van der Waals surface area contributed by atoms with Crippen molar-refractivity contribution in [2.45, 2.75) is 26.2 Å². The molecule has 4 heteroatoms. The topological polar surface area (TPSA) is 46.6 Å². The van der Waals surface area contributed by atoms with Crippen LogP contribution in [0, 0.1) is 0 Å². The van der Waals surface area contributed by atoms with Crippen LogP contribution in [-0.2, 0) is 5.41 Å². The number of hydrogen-bond donors (Lipinski definition) is 0. The van der Waals surface area contributed by atoms with Gasteiger partial charge in [-0.2, -0.15) is 0 Å². The molecule has 3 aromatic rings. The van der Waals surface area contributed by atoms with Crippen LogP contribution in [-0.4, -0.2) is 18.9 Å². The fourth-order valence-corrected chi connectivity index (χ4v) is 2.95. The molecule has 0 unspecified atom stereocenters. The van der Waals surface area contributed by atoms with Crippen molar-refractivity contribution >= 4 is 17.6 Å². The molecule has 0 bridgehead atoms. The van der Waals surface area contributed by atoms with Crippen molar-refractivity contribution in [1.29, 1.82) is 0 Å². The Balaban J connectivity index is 2.00. The Morgan fingerprint density at radius 1 is 0.793 bits per heavy atom. The summed E-state index contributed by atoms with van der Waals surface area (Å²) in [6.07, 6.45) is 0. The Bertz CT molecular complexity index is 1010. The van der Waals surface area contributed by atoms with E-state index in [4.69, 9.17) is 4.74 Å². The van der Waals surface area contributed by atoms with Crippen molar-refractivity contribution in [1.82, 2.24) is 0 Å². The normalized spacial score (nSPS) is 11.0. The first-order valence-electron chi connectivity index (χ1n) is 9.52. The van der Waals surface area contributed by atoms with Crippen LogP contribution >= 0.6 is 0 Å². The Morgan fingerprint density at radius 3 is 1.90 bits per heavy atom. The van der Waals surface area contributed by atoms with Crippen LogP contribution in [0.1, 0.15) is 47.1 Å². The summed E-state index contributed by atoms with van der Waals surface area (Å²) in [5.41, 5.74) is 2.50. The maximum atomic E-state index is 13.0. The van der Waals surface area contributed by atoms with Crippen molar-refractivity contribution in [3.05, 3.63) is 95.6 Å². The predicted octanol–water partition coefficient (Wildman–Crippen LogP) is 5.48. The average molecular weight is 387 g/mol. The molecule has 0 aromatic heterocycles. The van der Waals surface area contributed by atoms with E-state index in [1.54, 1.807) is 49.5 Å². The van der Waals surface area contributed by atoms with Gasteiger partial charge in [-0.15, -0.1) is 0 Å². The van der Waals surface area contributed by atoms with Crippen LogP contribution in [0.4, 0.5) is 5.69 Å². The molecule has 0 aliphatic heterocycles. The van der Waals surface area contributed by atoms with Gasteiger partial charge in [-0.3, -0.25) is 4.79 Å². The molecule has 3 rings (SSSR count). The summed E-state index contributed by atoms with van der Waals surface area (Å²) in [4.78, 5) is 27.1. The van der Waals surface area contributed by atoms with Crippen LogP contribution in [0.25, 0.3) is 0 Å². The van der Waals surface area contributed by atoms with E-state index < -0.39 is 5.97 Å². The zero-order chi connectivity index (χ0) is 21.0. The molecule has 1 amide bonds. The smallest absolute Gasteiger partial charge is 0.343 e. The molecule has 0 radical (unpaired) electrons. The number of anilines is 1. The van der Waals surface area contributed by atoms with E-state index >= 15 is 0 Å². The van der Waals surface area contributed by atoms with E-state index in [1.165, 1.54) is 4.90 Å². The maximum absolute atomic E-state index is 13.0. The van der Waals surface area contributed by atoms with Gasteiger partial charge in [-0.25, -0.2) is 4.79 Å². The second kappa shape index (κ2) is 8.31. The average Bonchev–Trinajstić information content (AvgIpc) is 2.73. The number of esters is 1. The summed E-state index contributed by atoms with van der Waals surface area (Å²) in [5, 5.41) is 0. The van der Waals surface area contributed by atoms with Crippen molar-refractivity contribution in [3.63, 3.8) is 0 Å². The third kappa shape index (κ3) is 4.72. The minimum atomic E-state index is -0.462. The molecule has 0 aliphatic carbocycles. The standard InChI is InChI=1S/C25H25NO3/c1-25(2,3)20-15-16-22(29-24(28)19-13-9-6-10-14-19)21(17-20)26(4)23(27)18-11-7-5-8-12-18/h5-17H,1-4H3. The van der Waals surface area contributed by atoms with Gasteiger partial charge in [-0.1, -0.05) is 63.2 Å². The Morgan fingerprint density at radius 2 is 1.34 bits per heavy atom. The van der Waals surface area contributed by atoms with Crippen molar-refractivity contribution in [3.8, 4) is 5.75 Å². The maximum Gasteiger partial charge on any atom is 0.343 e. The monoisotopic (exact) mass is 387 g/mol. The lowest BCUT2D eigenvalue weighted by Crippen LogP contribution is -2.27. The lowest BCUT2D eigenvalue weighted by atomic mass is 9.86. The van der Waals surface area contributed by atoms with E-state index in [2.05, 4.69) is 20.8 Å². The molecule has 0 spiro atoms. The fourth-order valence-electron chi connectivity index (χ4n) is 2.95. The van der Waals surface area contributed by atoms with Gasteiger partial charge >= 0.3 is 5.97 Å². The van der Waals surface area contributed by atoms with Crippen molar-refractivity contribution in [2.24, 2.45) is 0 Å². The van der Waals surface area contributed by atoms with Gasteiger partial charge in [0, 0.05) is 12.6 Å². The molecule has 0 fully saturated rings. The predicted molar refractivity (Wildman–Crippen MR) is 116 cm³/mol. The Labute approximate surface area is 171 Å². The van der Waals surface area contributed by atoms with Gasteiger partial charge in [0.2, 0.25) is 0 Å². The highest BCUT2D eigenvalue weighted by Gasteiger charge is 2.23. The number of nitrogens with zero attached hydrogens (tertiary/aromatic N) is 1. The van der Waals surface area contributed by atoms with Gasteiger partial charge in [0.25, 0.3) is 5.91 Å². The highest BCUT2D eigenvalue weighted by molar-refractivity contribution is 6.07. The quantitative estimate of drug-likeness (QED) is 0.440. The van der Waals surface area contributed by atoms with Gasteiger partial charge in [0.05, 0.1) is 11.3 Å². The van der Waals surface area contributed by atoms with Gasteiger partial charge in [0.1, 0.15) is 0 Å². The van der Waals surface area contributed by atoms with Crippen molar-refractivity contribution < 1.29 is 14.3 Å². The van der Waals surface area contributed by atoms with E-state index in [0.717, 1.165) is 5.56 Å². The highest BCUT2D eigenvalue weighted by atomic mass is 16.5. The summed E-state index contributed by atoms with van der Waals surface area (Å²) >= 11 is 0. The number of ether oxygens (including phenoxy) is 1. The zero-order valence-electron chi connectivity index (χ0n) is 17.2. The number of carbonyl (C=O) groups is 2. The Hall–Kier alpha value is -3.40. The first kappa shape index (κ1) is 20.3. The third-order valence-corrected chi connectivity index (χ3v) is 4.72.